The van der Waals surface area contributed by atoms with E-state index in [2.05, 4.69) is 17.6 Å². The average molecular weight is 189 g/mol. The lowest BCUT2D eigenvalue weighted by Gasteiger charge is -2.15. The molecule has 13 heavy (non-hydrogen) atoms. The fourth-order valence-corrected chi connectivity index (χ4v) is 0.982. The van der Waals surface area contributed by atoms with Gasteiger partial charge in [-0.05, 0) is 26.8 Å². The first kappa shape index (κ1) is 12.8. The first-order valence-electron chi connectivity index (χ1n) is 4.97. The van der Waals surface area contributed by atoms with Gasteiger partial charge in [0, 0.05) is 31.8 Å². The van der Waals surface area contributed by atoms with Crippen LogP contribution >= 0.6 is 0 Å². The topological polar surface area (TPSA) is 70.3 Å². The third-order valence-corrected chi connectivity index (χ3v) is 1.75. The molecule has 0 aliphatic rings. The van der Waals surface area contributed by atoms with E-state index in [9.17, 15) is 0 Å². The molecule has 0 saturated heterocycles. The number of hydrogen-bond acceptors (Lipinski definition) is 4. The van der Waals surface area contributed by atoms with Crippen molar-refractivity contribution in [2.24, 2.45) is 5.73 Å². The van der Waals surface area contributed by atoms with Crippen LogP contribution in [0, 0.1) is 0 Å². The number of aliphatic hydroxyl groups excluding tert-OH is 1. The molecule has 0 spiro atoms. The maximum Gasteiger partial charge on any atom is 0.0443 e. The minimum atomic E-state index is 0.208. The molecule has 0 aromatic heterocycles. The van der Waals surface area contributed by atoms with Gasteiger partial charge in [0.05, 0.1) is 0 Å². The number of nitrogens with two attached hydrogens (primary N) is 1. The Morgan fingerprint density at radius 1 is 1.31 bits per heavy atom. The Morgan fingerprint density at radius 2 is 2.00 bits per heavy atom. The van der Waals surface area contributed by atoms with Gasteiger partial charge < -0.3 is 21.5 Å². The van der Waals surface area contributed by atoms with Crippen molar-refractivity contribution in [3.63, 3.8) is 0 Å². The van der Waals surface area contributed by atoms with Crippen molar-refractivity contribution in [3.05, 3.63) is 0 Å². The van der Waals surface area contributed by atoms with Crippen LogP contribution in [0.3, 0.4) is 0 Å². The van der Waals surface area contributed by atoms with Gasteiger partial charge >= 0.3 is 0 Å². The van der Waals surface area contributed by atoms with Gasteiger partial charge in [0.25, 0.3) is 0 Å². The van der Waals surface area contributed by atoms with Crippen LogP contribution in [0.25, 0.3) is 0 Å². The number of aliphatic hydroxyl groups is 1. The van der Waals surface area contributed by atoms with Crippen LogP contribution in [0.15, 0.2) is 0 Å². The monoisotopic (exact) mass is 189 g/mol. The third kappa shape index (κ3) is 9.76. The summed E-state index contributed by atoms with van der Waals surface area (Å²) in [6.45, 7) is 7.01. The second-order valence-corrected chi connectivity index (χ2v) is 3.57. The molecule has 2 unspecified atom stereocenters. The Labute approximate surface area is 80.9 Å². The van der Waals surface area contributed by atoms with E-state index in [1.807, 2.05) is 6.92 Å². The van der Waals surface area contributed by atoms with Crippen LogP contribution < -0.4 is 16.4 Å². The molecule has 0 radical (unpaired) electrons. The van der Waals surface area contributed by atoms with Crippen molar-refractivity contribution in [2.75, 3.05) is 26.2 Å². The smallest absolute Gasteiger partial charge is 0.0443 e. The first-order valence-corrected chi connectivity index (χ1v) is 4.97. The summed E-state index contributed by atoms with van der Waals surface area (Å²) in [6, 6.07) is 0.643. The standard InChI is InChI=1S/C9H23N3O/c1-8(10)6-12-9(2)7-11-4-3-5-13/h8-9,11-13H,3-7,10H2,1-2H3. The maximum absolute atomic E-state index is 8.54. The van der Waals surface area contributed by atoms with Crippen molar-refractivity contribution in [3.8, 4) is 0 Å². The number of nitrogens with one attached hydrogen (secondary N) is 2. The second kappa shape index (κ2) is 8.44. The van der Waals surface area contributed by atoms with E-state index in [0.29, 0.717) is 6.04 Å². The molecule has 2 atom stereocenters. The molecule has 80 valence electrons. The Morgan fingerprint density at radius 3 is 2.54 bits per heavy atom. The quantitative estimate of drug-likeness (QED) is 0.381. The number of rotatable bonds is 8. The molecule has 0 rings (SSSR count). The van der Waals surface area contributed by atoms with Crippen LogP contribution in [0.4, 0.5) is 0 Å². The van der Waals surface area contributed by atoms with Gasteiger partial charge in [-0.3, -0.25) is 0 Å². The van der Waals surface area contributed by atoms with Crippen molar-refractivity contribution in [1.29, 1.82) is 0 Å². The van der Waals surface area contributed by atoms with Gasteiger partial charge in [0.1, 0.15) is 0 Å². The first-order chi connectivity index (χ1) is 6.16. The van der Waals surface area contributed by atoms with E-state index >= 15 is 0 Å². The largest absolute Gasteiger partial charge is 0.396 e. The van der Waals surface area contributed by atoms with Crippen LogP contribution in [0.1, 0.15) is 20.3 Å². The zero-order chi connectivity index (χ0) is 10.1. The van der Waals surface area contributed by atoms with E-state index in [1.54, 1.807) is 0 Å². The fraction of sp³-hybridized carbons (Fsp3) is 1.00. The highest BCUT2D eigenvalue weighted by Gasteiger charge is 2.00. The van der Waals surface area contributed by atoms with Crippen molar-refractivity contribution >= 4 is 0 Å². The third-order valence-electron chi connectivity index (χ3n) is 1.75. The second-order valence-electron chi connectivity index (χ2n) is 3.57. The predicted molar refractivity (Wildman–Crippen MR) is 55.7 cm³/mol. The molecule has 0 aliphatic carbocycles. The molecule has 4 nitrogen and oxygen atoms in total. The summed E-state index contributed by atoms with van der Waals surface area (Å²) in [5, 5.41) is 15.1. The average Bonchev–Trinajstić information content (AvgIpc) is 2.09. The van der Waals surface area contributed by atoms with Gasteiger partial charge in [-0.25, -0.2) is 0 Å². The molecule has 0 aliphatic heterocycles. The molecule has 0 aromatic rings. The predicted octanol–water partition coefficient (Wildman–Crippen LogP) is -0.716. The summed E-state index contributed by atoms with van der Waals surface area (Å²) in [4.78, 5) is 0. The van der Waals surface area contributed by atoms with Crippen LogP contribution in [0.5, 0.6) is 0 Å². The van der Waals surface area contributed by atoms with Crippen molar-refractivity contribution in [1.82, 2.24) is 10.6 Å². The normalized spacial score (nSPS) is 15.7. The molecular weight excluding hydrogens is 166 g/mol. The van der Waals surface area contributed by atoms with Crippen LogP contribution in [0.2, 0.25) is 0 Å². The van der Waals surface area contributed by atoms with Gasteiger partial charge in [-0.1, -0.05) is 0 Å². The summed E-state index contributed by atoms with van der Waals surface area (Å²) in [7, 11) is 0. The van der Waals surface area contributed by atoms with E-state index in [-0.39, 0.29) is 12.6 Å². The van der Waals surface area contributed by atoms with Crippen molar-refractivity contribution < 1.29 is 5.11 Å². The van der Waals surface area contributed by atoms with Gasteiger partial charge in [-0.2, -0.15) is 0 Å². The van der Waals surface area contributed by atoms with Crippen LogP contribution in [-0.4, -0.2) is 43.4 Å². The highest BCUT2D eigenvalue weighted by Crippen LogP contribution is 1.80. The Kier molecular flexibility index (Phi) is 8.33. The zero-order valence-electron chi connectivity index (χ0n) is 8.71. The summed E-state index contributed by atoms with van der Waals surface area (Å²) in [6.07, 6.45) is 0.819. The summed E-state index contributed by atoms with van der Waals surface area (Å²) in [5.74, 6) is 0. The van der Waals surface area contributed by atoms with E-state index < -0.39 is 0 Å². The summed E-state index contributed by atoms with van der Waals surface area (Å²) in [5.41, 5.74) is 5.60. The summed E-state index contributed by atoms with van der Waals surface area (Å²) < 4.78 is 0. The highest BCUT2D eigenvalue weighted by atomic mass is 16.3. The van der Waals surface area contributed by atoms with Gasteiger partial charge in [0.15, 0.2) is 0 Å². The van der Waals surface area contributed by atoms with E-state index in [1.165, 1.54) is 0 Å². The SMILES string of the molecule is CC(N)CNC(C)CNCCCO. The zero-order valence-corrected chi connectivity index (χ0v) is 8.71. The van der Waals surface area contributed by atoms with E-state index in [4.69, 9.17) is 10.8 Å². The van der Waals surface area contributed by atoms with Crippen molar-refractivity contribution in [2.45, 2.75) is 32.4 Å². The Hall–Kier alpha value is -0.160. The molecule has 0 amide bonds. The molecule has 0 fully saturated rings. The Balaban J connectivity index is 3.15. The molecule has 0 heterocycles. The lowest BCUT2D eigenvalue weighted by molar-refractivity contribution is 0.285. The van der Waals surface area contributed by atoms with Gasteiger partial charge in [0.2, 0.25) is 0 Å². The molecule has 0 aromatic carbocycles. The molecule has 0 bridgehead atoms. The minimum Gasteiger partial charge on any atom is -0.396 e. The molecular formula is C9H23N3O. The molecule has 4 heteroatoms. The molecule has 0 saturated carbocycles. The van der Waals surface area contributed by atoms with Gasteiger partial charge in [-0.15, -0.1) is 0 Å². The lowest BCUT2D eigenvalue weighted by atomic mass is 10.3. The molecule has 5 N–H and O–H groups in total. The lowest BCUT2D eigenvalue weighted by Crippen LogP contribution is -2.41. The highest BCUT2D eigenvalue weighted by molar-refractivity contribution is 4.66. The van der Waals surface area contributed by atoms with E-state index in [0.717, 1.165) is 26.1 Å². The number of hydrogen-bond donors (Lipinski definition) is 4. The Bertz CT molecular complexity index is 109. The maximum atomic E-state index is 8.54. The van der Waals surface area contributed by atoms with Crippen LogP contribution in [-0.2, 0) is 0 Å². The fourth-order valence-electron chi connectivity index (χ4n) is 0.982. The summed E-state index contributed by atoms with van der Waals surface area (Å²) >= 11 is 0. The minimum absolute atomic E-state index is 0.208.